The van der Waals surface area contributed by atoms with Crippen molar-refractivity contribution in [2.24, 2.45) is 5.73 Å². The first-order valence-corrected chi connectivity index (χ1v) is 10.1. The molecule has 1 aromatic heterocycles. The van der Waals surface area contributed by atoms with Gasteiger partial charge in [-0.1, -0.05) is 15.9 Å². The molecule has 0 aliphatic rings. The van der Waals surface area contributed by atoms with E-state index in [0.29, 0.717) is 21.9 Å². The molecule has 9 heteroatoms. The normalized spacial score (nSPS) is 10.6. The van der Waals surface area contributed by atoms with E-state index in [0.717, 1.165) is 14.9 Å². The van der Waals surface area contributed by atoms with Crippen LogP contribution < -0.4 is 21.1 Å². The van der Waals surface area contributed by atoms with Crippen molar-refractivity contribution in [1.29, 1.82) is 0 Å². The van der Waals surface area contributed by atoms with Crippen LogP contribution in [0.3, 0.4) is 0 Å². The van der Waals surface area contributed by atoms with E-state index in [1.165, 1.54) is 11.3 Å². The van der Waals surface area contributed by atoms with Gasteiger partial charge in [0.25, 0.3) is 11.8 Å². The molecule has 27 heavy (non-hydrogen) atoms. The number of benzene rings is 1. The SMILES string of the molecule is Cc1sc(NC(=S)NC(=O)c2cc(Br)ccc2OC(C)C)c(C(N)=O)c1C. The fraction of sp³-hybridized carbons (Fsp3) is 0.278. The highest BCUT2D eigenvalue weighted by molar-refractivity contribution is 9.10. The number of ether oxygens (including phenoxy) is 1. The lowest BCUT2D eigenvalue weighted by Crippen LogP contribution is -2.34. The van der Waals surface area contributed by atoms with Crippen molar-refractivity contribution in [3.63, 3.8) is 0 Å². The fourth-order valence-corrected chi connectivity index (χ4v) is 4.04. The van der Waals surface area contributed by atoms with Crippen molar-refractivity contribution in [2.45, 2.75) is 33.8 Å². The topological polar surface area (TPSA) is 93.4 Å². The Balaban J connectivity index is 2.20. The van der Waals surface area contributed by atoms with Gasteiger partial charge in [-0.05, 0) is 63.7 Å². The Morgan fingerprint density at radius 3 is 2.56 bits per heavy atom. The summed E-state index contributed by atoms with van der Waals surface area (Å²) >= 11 is 9.94. The van der Waals surface area contributed by atoms with Crippen molar-refractivity contribution in [2.75, 3.05) is 5.32 Å². The molecule has 0 aliphatic heterocycles. The summed E-state index contributed by atoms with van der Waals surface area (Å²) in [4.78, 5) is 25.3. The standard InChI is InChI=1S/C18H20BrN3O3S2/c1-8(2)25-13-6-5-11(19)7-12(13)16(24)21-18(26)22-17-14(15(20)23)9(3)10(4)27-17/h5-8H,1-4H3,(H2,20,23)(H2,21,22,24,26). The van der Waals surface area contributed by atoms with Gasteiger partial charge in [-0.25, -0.2) is 0 Å². The summed E-state index contributed by atoms with van der Waals surface area (Å²) in [6, 6.07) is 5.16. The van der Waals surface area contributed by atoms with Crippen LogP contribution in [0.25, 0.3) is 0 Å². The van der Waals surface area contributed by atoms with Crippen LogP contribution in [0.5, 0.6) is 5.75 Å². The molecule has 1 aromatic carbocycles. The molecule has 144 valence electrons. The molecule has 0 atom stereocenters. The zero-order valence-electron chi connectivity index (χ0n) is 15.3. The maximum Gasteiger partial charge on any atom is 0.261 e. The number of carbonyl (C=O) groups excluding carboxylic acids is 2. The molecule has 4 N–H and O–H groups in total. The first kappa shape index (κ1) is 21.3. The van der Waals surface area contributed by atoms with Gasteiger partial charge < -0.3 is 15.8 Å². The van der Waals surface area contributed by atoms with Gasteiger partial charge in [0.1, 0.15) is 10.8 Å². The van der Waals surface area contributed by atoms with E-state index in [2.05, 4.69) is 26.6 Å². The van der Waals surface area contributed by atoms with Crippen molar-refractivity contribution < 1.29 is 14.3 Å². The van der Waals surface area contributed by atoms with Gasteiger partial charge >= 0.3 is 0 Å². The third kappa shape index (κ3) is 5.27. The number of nitrogens with one attached hydrogen (secondary N) is 2. The van der Waals surface area contributed by atoms with Crippen LogP contribution in [0.2, 0.25) is 0 Å². The van der Waals surface area contributed by atoms with Gasteiger partial charge in [0.15, 0.2) is 5.11 Å². The molecule has 2 rings (SSSR count). The maximum atomic E-state index is 12.7. The molecule has 0 unspecified atom stereocenters. The van der Waals surface area contributed by atoms with Gasteiger partial charge in [0, 0.05) is 9.35 Å². The predicted octanol–water partition coefficient (Wildman–Crippen LogP) is 4.14. The first-order valence-electron chi connectivity index (χ1n) is 8.08. The summed E-state index contributed by atoms with van der Waals surface area (Å²) in [5.74, 6) is -0.516. The van der Waals surface area contributed by atoms with Crippen molar-refractivity contribution in [1.82, 2.24) is 5.32 Å². The van der Waals surface area contributed by atoms with E-state index < -0.39 is 11.8 Å². The van der Waals surface area contributed by atoms with Crippen LogP contribution in [-0.2, 0) is 0 Å². The van der Waals surface area contributed by atoms with E-state index in [1.54, 1.807) is 18.2 Å². The van der Waals surface area contributed by atoms with Gasteiger partial charge in [-0.2, -0.15) is 0 Å². The van der Waals surface area contributed by atoms with Crippen LogP contribution >= 0.6 is 39.5 Å². The molecule has 0 aliphatic carbocycles. The second-order valence-electron chi connectivity index (χ2n) is 6.07. The lowest BCUT2D eigenvalue weighted by Gasteiger charge is -2.15. The summed E-state index contributed by atoms with van der Waals surface area (Å²) in [7, 11) is 0. The third-order valence-electron chi connectivity index (χ3n) is 3.63. The third-order valence-corrected chi connectivity index (χ3v) is 5.45. The molecule has 0 spiro atoms. The number of hydrogen-bond acceptors (Lipinski definition) is 5. The lowest BCUT2D eigenvalue weighted by molar-refractivity contribution is 0.0970. The number of primary amides is 1. The van der Waals surface area contributed by atoms with Crippen LogP contribution in [0, 0.1) is 13.8 Å². The zero-order valence-corrected chi connectivity index (χ0v) is 18.5. The Hall–Kier alpha value is -1.97. The highest BCUT2D eigenvalue weighted by atomic mass is 79.9. The Bertz CT molecular complexity index is 909. The number of halogens is 1. The summed E-state index contributed by atoms with van der Waals surface area (Å²) < 4.78 is 6.43. The molecular formula is C18H20BrN3O3S2. The molecule has 2 amide bonds. The number of carbonyl (C=O) groups is 2. The Morgan fingerprint density at radius 1 is 1.30 bits per heavy atom. The van der Waals surface area contributed by atoms with Gasteiger partial charge in [-0.3, -0.25) is 14.9 Å². The quantitative estimate of drug-likeness (QED) is 0.572. The maximum absolute atomic E-state index is 12.7. The highest BCUT2D eigenvalue weighted by Gasteiger charge is 2.20. The van der Waals surface area contributed by atoms with Gasteiger partial charge in [0.05, 0.1) is 17.2 Å². The zero-order chi connectivity index (χ0) is 20.3. The average Bonchev–Trinajstić information content (AvgIpc) is 2.82. The van der Waals surface area contributed by atoms with Crippen LogP contribution in [0.1, 0.15) is 45.0 Å². The number of thiocarbonyl (C=S) groups is 1. The minimum Gasteiger partial charge on any atom is -0.490 e. The molecule has 0 saturated heterocycles. The Labute approximate surface area is 175 Å². The van der Waals surface area contributed by atoms with E-state index in [4.69, 9.17) is 22.7 Å². The smallest absolute Gasteiger partial charge is 0.261 e. The number of rotatable bonds is 5. The number of anilines is 1. The molecule has 1 heterocycles. The number of amides is 2. The largest absolute Gasteiger partial charge is 0.490 e. The second kappa shape index (κ2) is 8.81. The number of hydrogen-bond donors (Lipinski definition) is 3. The van der Waals surface area contributed by atoms with Crippen molar-refractivity contribution in [3.8, 4) is 5.75 Å². The van der Waals surface area contributed by atoms with Gasteiger partial charge in [-0.15, -0.1) is 11.3 Å². The molecule has 6 nitrogen and oxygen atoms in total. The van der Waals surface area contributed by atoms with Crippen LogP contribution in [-0.4, -0.2) is 23.0 Å². The van der Waals surface area contributed by atoms with E-state index in [9.17, 15) is 9.59 Å². The summed E-state index contributed by atoms with van der Waals surface area (Å²) in [6.45, 7) is 7.46. The molecule has 2 aromatic rings. The average molecular weight is 470 g/mol. The molecular weight excluding hydrogens is 450 g/mol. The Kier molecular flexibility index (Phi) is 6.96. The molecule has 0 bridgehead atoms. The highest BCUT2D eigenvalue weighted by Crippen LogP contribution is 2.32. The summed E-state index contributed by atoms with van der Waals surface area (Å²) in [6.07, 6.45) is -0.0852. The summed E-state index contributed by atoms with van der Waals surface area (Å²) in [5.41, 5.74) is 6.97. The van der Waals surface area contributed by atoms with Crippen LogP contribution in [0.15, 0.2) is 22.7 Å². The van der Waals surface area contributed by atoms with E-state index >= 15 is 0 Å². The number of thiophene rings is 1. The van der Waals surface area contributed by atoms with E-state index in [-0.39, 0.29) is 11.2 Å². The Morgan fingerprint density at radius 2 is 1.96 bits per heavy atom. The minimum atomic E-state index is -0.548. The first-order chi connectivity index (χ1) is 12.6. The number of nitrogens with two attached hydrogens (primary N) is 1. The minimum absolute atomic E-state index is 0.0687. The fourth-order valence-electron chi connectivity index (χ4n) is 2.35. The predicted molar refractivity (Wildman–Crippen MR) is 116 cm³/mol. The van der Waals surface area contributed by atoms with Crippen LogP contribution in [0.4, 0.5) is 5.00 Å². The number of aryl methyl sites for hydroxylation is 1. The molecule has 0 radical (unpaired) electrons. The van der Waals surface area contributed by atoms with Gasteiger partial charge in [0.2, 0.25) is 0 Å². The van der Waals surface area contributed by atoms with Crippen molar-refractivity contribution in [3.05, 3.63) is 44.2 Å². The monoisotopic (exact) mass is 469 g/mol. The van der Waals surface area contributed by atoms with Crippen molar-refractivity contribution >= 4 is 61.4 Å². The molecule has 0 saturated carbocycles. The molecule has 0 fully saturated rings. The second-order valence-corrected chi connectivity index (χ2v) is 8.62. The lowest BCUT2D eigenvalue weighted by atomic mass is 10.1. The van der Waals surface area contributed by atoms with E-state index in [1.807, 2.05) is 27.7 Å². The summed E-state index contributed by atoms with van der Waals surface area (Å²) in [5, 5.41) is 6.09.